The molecular weight excluding hydrogens is 302 g/mol. The number of esters is 1. The average Bonchev–Trinajstić information content (AvgIpc) is 2.57. The van der Waals surface area contributed by atoms with Gasteiger partial charge in [0.25, 0.3) is 5.91 Å². The number of fused-ring (bicyclic) bond motifs is 1. The van der Waals surface area contributed by atoms with Gasteiger partial charge in [0.1, 0.15) is 0 Å². The summed E-state index contributed by atoms with van der Waals surface area (Å²) in [4.78, 5) is 24.6. The molecule has 4 heteroatoms. The number of benzene rings is 2. The van der Waals surface area contributed by atoms with E-state index in [2.05, 4.69) is 12.2 Å². The lowest BCUT2D eigenvalue weighted by molar-refractivity contribution is -0.125. The third-order valence-corrected chi connectivity index (χ3v) is 4.52. The first-order valence-electron chi connectivity index (χ1n) is 8.19. The molecule has 1 atom stereocenters. The normalized spacial score (nSPS) is 16.3. The Bertz CT molecular complexity index is 811. The zero-order valence-electron chi connectivity index (χ0n) is 14.2. The van der Waals surface area contributed by atoms with E-state index in [9.17, 15) is 9.59 Å². The highest BCUT2D eigenvalue weighted by molar-refractivity contribution is 6.00. The molecule has 124 valence electrons. The molecule has 1 aliphatic heterocycles. The maximum Gasteiger partial charge on any atom is 0.339 e. The van der Waals surface area contributed by atoms with Crippen molar-refractivity contribution in [3.05, 3.63) is 64.2 Å². The molecule has 0 bridgehead atoms. The first-order valence-corrected chi connectivity index (χ1v) is 8.19. The standard InChI is InChI=1S/C20H21NO3/c1-4-14-6-8-17-15(10-14)11-18(24-20(17)23)19(22)21-16-7-5-12(2)13(3)9-16/h5-10,18H,4,11H2,1-3H3,(H,21,22). The number of amides is 1. The summed E-state index contributed by atoms with van der Waals surface area (Å²) >= 11 is 0. The van der Waals surface area contributed by atoms with Gasteiger partial charge in [-0.15, -0.1) is 0 Å². The Balaban J connectivity index is 1.78. The quantitative estimate of drug-likeness (QED) is 0.878. The van der Waals surface area contributed by atoms with Gasteiger partial charge in [-0.25, -0.2) is 4.79 Å². The summed E-state index contributed by atoms with van der Waals surface area (Å²) < 4.78 is 5.32. The summed E-state index contributed by atoms with van der Waals surface area (Å²) in [5.74, 6) is -0.724. The first kappa shape index (κ1) is 16.2. The van der Waals surface area contributed by atoms with Gasteiger partial charge in [-0.3, -0.25) is 4.79 Å². The highest BCUT2D eigenvalue weighted by atomic mass is 16.5. The Morgan fingerprint density at radius 2 is 1.96 bits per heavy atom. The van der Waals surface area contributed by atoms with Gasteiger partial charge in [-0.1, -0.05) is 25.1 Å². The molecule has 0 spiro atoms. The minimum absolute atomic E-state index is 0.292. The summed E-state index contributed by atoms with van der Waals surface area (Å²) in [6, 6.07) is 11.4. The van der Waals surface area contributed by atoms with Crippen molar-refractivity contribution in [1.82, 2.24) is 0 Å². The SMILES string of the molecule is CCc1ccc2c(c1)CC(C(=O)Nc1ccc(C)c(C)c1)OC2=O. The van der Waals surface area contributed by atoms with Gasteiger partial charge in [0.15, 0.2) is 6.10 Å². The Kier molecular flexibility index (Phi) is 4.38. The molecule has 1 heterocycles. The number of ether oxygens (including phenoxy) is 1. The van der Waals surface area contributed by atoms with Crippen molar-refractivity contribution < 1.29 is 14.3 Å². The first-order chi connectivity index (χ1) is 11.5. The fourth-order valence-corrected chi connectivity index (χ4v) is 2.86. The average molecular weight is 323 g/mol. The van der Waals surface area contributed by atoms with Gasteiger partial charge in [-0.2, -0.15) is 0 Å². The number of nitrogens with one attached hydrogen (secondary N) is 1. The molecule has 2 aromatic rings. The Hall–Kier alpha value is -2.62. The van der Waals surface area contributed by atoms with Crippen LogP contribution in [0.3, 0.4) is 0 Å². The maximum atomic E-state index is 12.5. The topological polar surface area (TPSA) is 55.4 Å². The van der Waals surface area contributed by atoms with Crippen molar-refractivity contribution >= 4 is 17.6 Å². The predicted octanol–water partition coefficient (Wildman–Crippen LogP) is 3.59. The number of hydrogen-bond acceptors (Lipinski definition) is 3. The molecule has 1 N–H and O–H groups in total. The van der Waals surface area contributed by atoms with Crippen molar-refractivity contribution in [2.75, 3.05) is 5.32 Å². The molecule has 2 aromatic carbocycles. The van der Waals surface area contributed by atoms with E-state index in [0.717, 1.165) is 28.7 Å². The van der Waals surface area contributed by atoms with Crippen LogP contribution in [0.1, 0.15) is 39.5 Å². The van der Waals surface area contributed by atoms with Crippen LogP contribution < -0.4 is 5.32 Å². The van der Waals surface area contributed by atoms with Crippen LogP contribution in [-0.4, -0.2) is 18.0 Å². The molecule has 0 saturated heterocycles. The van der Waals surface area contributed by atoms with Crippen LogP contribution in [0.2, 0.25) is 0 Å². The third-order valence-electron chi connectivity index (χ3n) is 4.52. The van der Waals surface area contributed by atoms with E-state index in [1.807, 2.05) is 44.2 Å². The third kappa shape index (κ3) is 3.18. The highest BCUT2D eigenvalue weighted by Gasteiger charge is 2.31. The van der Waals surface area contributed by atoms with Gasteiger partial charge >= 0.3 is 5.97 Å². The van der Waals surface area contributed by atoms with Gasteiger partial charge in [0, 0.05) is 12.1 Å². The zero-order valence-corrected chi connectivity index (χ0v) is 14.2. The van der Waals surface area contributed by atoms with Crippen LogP contribution >= 0.6 is 0 Å². The number of cyclic esters (lactones) is 1. The monoisotopic (exact) mass is 323 g/mol. The lowest BCUT2D eigenvalue weighted by Gasteiger charge is -2.24. The number of anilines is 1. The predicted molar refractivity (Wildman–Crippen MR) is 93.3 cm³/mol. The van der Waals surface area contributed by atoms with Crippen LogP contribution in [0.15, 0.2) is 36.4 Å². The number of aryl methyl sites for hydroxylation is 3. The lowest BCUT2D eigenvalue weighted by atomic mass is 9.95. The van der Waals surface area contributed by atoms with Crippen LogP contribution in [0.4, 0.5) is 5.69 Å². The molecule has 1 unspecified atom stereocenters. The smallest absolute Gasteiger partial charge is 0.339 e. The van der Waals surface area contributed by atoms with E-state index >= 15 is 0 Å². The molecule has 4 nitrogen and oxygen atoms in total. The Morgan fingerprint density at radius 3 is 2.67 bits per heavy atom. The molecule has 24 heavy (non-hydrogen) atoms. The van der Waals surface area contributed by atoms with E-state index in [4.69, 9.17) is 4.74 Å². The van der Waals surface area contributed by atoms with E-state index in [1.54, 1.807) is 6.07 Å². The van der Waals surface area contributed by atoms with E-state index in [1.165, 1.54) is 0 Å². The molecule has 0 aliphatic carbocycles. The molecule has 0 aromatic heterocycles. The fraction of sp³-hybridized carbons (Fsp3) is 0.300. The van der Waals surface area contributed by atoms with Gasteiger partial charge in [0.2, 0.25) is 0 Å². The minimum atomic E-state index is -0.793. The molecule has 1 aliphatic rings. The molecular formula is C20H21NO3. The second-order valence-electron chi connectivity index (χ2n) is 6.23. The van der Waals surface area contributed by atoms with Gasteiger partial charge in [-0.05, 0) is 60.7 Å². The van der Waals surface area contributed by atoms with Gasteiger partial charge < -0.3 is 10.1 Å². The van der Waals surface area contributed by atoms with Crippen LogP contribution in [0.25, 0.3) is 0 Å². The van der Waals surface area contributed by atoms with Crippen molar-refractivity contribution in [2.24, 2.45) is 0 Å². The molecule has 0 radical (unpaired) electrons. The number of rotatable bonds is 3. The van der Waals surface area contributed by atoms with E-state index < -0.39 is 12.1 Å². The van der Waals surface area contributed by atoms with Crippen LogP contribution in [-0.2, 0) is 22.4 Å². The second kappa shape index (κ2) is 6.48. The van der Waals surface area contributed by atoms with Crippen LogP contribution in [0, 0.1) is 13.8 Å². The summed E-state index contributed by atoms with van der Waals surface area (Å²) in [5, 5.41) is 2.84. The van der Waals surface area contributed by atoms with Crippen molar-refractivity contribution in [3.8, 4) is 0 Å². The van der Waals surface area contributed by atoms with Crippen molar-refractivity contribution in [2.45, 2.75) is 39.7 Å². The van der Waals surface area contributed by atoms with Crippen molar-refractivity contribution in [3.63, 3.8) is 0 Å². The van der Waals surface area contributed by atoms with Crippen molar-refractivity contribution in [1.29, 1.82) is 0 Å². The maximum absolute atomic E-state index is 12.5. The summed E-state index contributed by atoms with van der Waals surface area (Å²) in [6.07, 6.45) is 0.506. The van der Waals surface area contributed by atoms with Gasteiger partial charge in [0.05, 0.1) is 5.56 Å². The Morgan fingerprint density at radius 1 is 1.17 bits per heavy atom. The zero-order chi connectivity index (χ0) is 17.3. The Labute approximate surface area is 141 Å². The minimum Gasteiger partial charge on any atom is -0.448 e. The van der Waals surface area contributed by atoms with Crippen LogP contribution in [0.5, 0.6) is 0 Å². The summed E-state index contributed by atoms with van der Waals surface area (Å²) in [7, 11) is 0. The summed E-state index contributed by atoms with van der Waals surface area (Å²) in [5.41, 5.74) is 5.57. The molecule has 0 saturated carbocycles. The highest BCUT2D eigenvalue weighted by Crippen LogP contribution is 2.23. The number of carbonyl (C=O) groups is 2. The van der Waals surface area contributed by atoms with E-state index in [-0.39, 0.29) is 5.91 Å². The largest absolute Gasteiger partial charge is 0.448 e. The number of hydrogen-bond donors (Lipinski definition) is 1. The molecule has 1 amide bonds. The summed E-state index contributed by atoms with van der Waals surface area (Å²) in [6.45, 7) is 6.08. The van der Waals surface area contributed by atoms with E-state index in [0.29, 0.717) is 17.7 Å². The lowest BCUT2D eigenvalue weighted by Crippen LogP contribution is -2.38. The fourth-order valence-electron chi connectivity index (χ4n) is 2.86. The molecule has 0 fully saturated rings. The molecule has 3 rings (SSSR count). The second-order valence-corrected chi connectivity index (χ2v) is 6.23. The number of carbonyl (C=O) groups excluding carboxylic acids is 2.